The Morgan fingerprint density at radius 2 is 1.89 bits per heavy atom. The fourth-order valence-electron chi connectivity index (χ4n) is 1.75. The van der Waals surface area contributed by atoms with Crippen molar-refractivity contribution < 1.29 is 9.53 Å². The zero-order valence-electron chi connectivity index (χ0n) is 11.6. The van der Waals surface area contributed by atoms with Gasteiger partial charge in [0.15, 0.2) is 0 Å². The van der Waals surface area contributed by atoms with Gasteiger partial charge in [0.25, 0.3) is 5.91 Å². The van der Waals surface area contributed by atoms with Crippen LogP contribution in [0.3, 0.4) is 0 Å². The topological polar surface area (TPSA) is 38.3 Å². The Balaban J connectivity index is 3.02. The number of carbonyl (C=O) groups is 1. The highest BCUT2D eigenvalue weighted by Crippen LogP contribution is 2.26. The number of ether oxygens (including phenoxy) is 1. The molecule has 0 radical (unpaired) electrons. The van der Waals surface area contributed by atoms with Crippen LogP contribution in [0.2, 0.25) is 0 Å². The van der Waals surface area contributed by atoms with E-state index in [1.807, 2.05) is 32.9 Å². The van der Waals surface area contributed by atoms with Gasteiger partial charge >= 0.3 is 0 Å². The predicted molar refractivity (Wildman–Crippen MR) is 78.0 cm³/mol. The maximum absolute atomic E-state index is 12.2. The lowest BCUT2D eigenvalue weighted by atomic mass is 10.0. The molecule has 0 aliphatic heterocycles. The summed E-state index contributed by atoms with van der Waals surface area (Å²) < 4.78 is 6.32. The first kappa shape index (κ1) is 15.2. The van der Waals surface area contributed by atoms with Gasteiger partial charge in [-0.05, 0) is 50.5 Å². The summed E-state index contributed by atoms with van der Waals surface area (Å²) in [6, 6.07) is 3.97. The Hall–Kier alpha value is -0.870. The minimum Gasteiger partial charge on any atom is -0.369 e. The van der Waals surface area contributed by atoms with Crippen molar-refractivity contribution in [3.05, 3.63) is 27.7 Å². The molecule has 0 bridgehead atoms. The van der Waals surface area contributed by atoms with E-state index in [4.69, 9.17) is 4.74 Å². The number of hydrogen-bond donors (Lipinski definition) is 1. The number of aryl methyl sites for hydroxylation is 2. The van der Waals surface area contributed by atoms with Gasteiger partial charge in [-0.15, -0.1) is 0 Å². The van der Waals surface area contributed by atoms with Crippen LogP contribution in [-0.4, -0.2) is 18.6 Å². The summed E-state index contributed by atoms with van der Waals surface area (Å²) in [7, 11) is 1.56. The highest BCUT2D eigenvalue weighted by Gasteiger charge is 2.31. The summed E-state index contributed by atoms with van der Waals surface area (Å²) in [4.78, 5) is 12.2. The first-order valence-corrected chi connectivity index (χ1v) is 6.76. The molecule has 100 valence electrons. The molecule has 1 unspecified atom stereocenters. The number of methoxy groups -OCH3 is 1. The summed E-state index contributed by atoms with van der Waals surface area (Å²) >= 11 is 3.44. The molecule has 1 amide bonds. The molecule has 0 aromatic heterocycles. The van der Waals surface area contributed by atoms with Gasteiger partial charge in [0.05, 0.1) is 0 Å². The Bertz CT molecular complexity index is 430. The SMILES string of the molecule is CCC(C)(OC)C(=O)Nc1c(C)cc(Br)cc1C. The van der Waals surface area contributed by atoms with Crippen molar-refractivity contribution in [3.63, 3.8) is 0 Å². The number of benzene rings is 1. The molecule has 1 aromatic rings. The molecule has 1 N–H and O–H groups in total. The van der Waals surface area contributed by atoms with Crippen LogP contribution in [0.25, 0.3) is 0 Å². The molecule has 1 atom stereocenters. The molecule has 0 spiro atoms. The summed E-state index contributed by atoms with van der Waals surface area (Å²) in [6.07, 6.45) is 0.629. The normalized spacial score (nSPS) is 14.1. The molecule has 0 fully saturated rings. The average Bonchev–Trinajstić information content (AvgIpc) is 2.32. The number of rotatable bonds is 4. The first-order valence-electron chi connectivity index (χ1n) is 5.97. The zero-order chi connectivity index (χ0) is 13.9. The second kappa shape index (κ2) is 5.85. The third-order valence-corrected chi connectivity index (χ3v) is 3.80. The van der Waals surface area contributed by atoms with E-state index in [0.29, 0.717) is 6.42 Å². The molecule has 1 aromatic carbocycles. The summed E-state index contributed by atoms with van der Waals surface area (Å²) in [5, 5.41) is 2.96. The van der Waals surface area contributed by atoms with Crippen LogP contribution in [0, 0.1) is 13.8 Å². The number of hydrogen-bond acceptors (Lipinski definition) is 2. The molecule has 0 heterocycles. The van der Waals surface area contributed by atoms with E-state index in [-0.39, 0.29) is 5.91 Å². The maximum Gasteiger partial charge on any atom is 0.256 e. The van der Waals surface area contributed by atoms with Gasteiger partial charge in [0.2, 0.25) is 0 Å². The summed E-state index contributed by atoms with van der Waals surface area (Å²) in [5.41, 5.74) is 2.14. The van der Waals surface area contributed by atoms with Gasteiger partial charge in [0, 0.05) is 17.3 Å². The van der Waals surface area contributed by atoms with Crippen LogP contribution in [0.5, 0.6) is 0 Å². The Morgan fingerprint density at radius 3 is 2.28 bits per heavy atom. The quantitative estimate of drug-likeness (QED) is 0.917. The lowest BCUT2D eigenvalue weighted by molar-refractivity contribution is -0.136. The second-order valence-corrected chi connectivity index (χ2v) is 5.57. The van der Waals surface area contributed by atoms with E-state index in [1.54, 1.807) is 14.0 Å². The monoisotopic (exact) mass is 313 g/mol. The lowest BCUT2D eigenvalue weighted by Gasteiger charge is -2.26. The van der Waals surface area contributed by atoms with Crippen LogP contribution in [0.1, 0.15) is 31.4 Å². The molecular formula is C14H20BrNO2. The molecule has 3 nitrogen and oxygen atoms in total. The number of nitrogens with one attached hydrogen (secondary N) is 1. The van der Waals surface area contributed by atoms with Crippen molar-refractivity contribution in [2.45, 2.75) is 39.7 Å². The van der Waals surface area contributed by atoms with Gasteiger partial charge in [-0.2, -0.15) is 0 Å². The number of amides is 1. The molecular weight excluding hydrogens is 294 g/mol. The maximum atomic E-state index is 12.2. The van der Waals surface area contributed by atoms with Gasteiger partial charge < -0.3 is 10.1 Å². The molecule has 0 saturated carbocycles. The van der Waals surface area contributed by atoms with Crippen molar-refractivity contribution in [2.24, 2.45) is 0 Å². The van der Waals surface area contributed by atoms with E-state index in [0.717, 1.165) is 21.3 Å². The van der Waals surface area contributed by atoms with Crippen molar-refractivity contribution in [3.8, 4) is 0 Å². The van der Waals surface area contributed by atoms with E-state index in [2.05, 4.69) is 21.2 Å². The third kappa shape index (κ3) is 3.12. The minimum absolute atomic E-state index is 0.110. The Kier molecular flexibility index (Phi) is 4.93. The van der Waals surface area contributed by atoms with Gasteiger partial charge in [-0.25, -0.2) is 0 Å². The molecule has 1 rings (SSSR count). The Morgan fingerprint density at radius 1 is 1.39 bits per heavy atom. The molecule has 18 heavy (non-hydrogen) atoms. The fourth-order valence-corrected chi connectivity index (χ4v) is 2.44. The fraction of sp³-hybridized carbons (Fsp3) is 0.500. The van der Waals surface area contributed by atoms with E-state index >= 15 is 0 Å². The Labute approximate surface area is 117 Å². The van der Waals surface area contributed by atoms with Crippen LogP contribution in [0.15, 0.2) is 16.6 Å². The van der Waals surface area contributed by atoms with Crippen molar-refractivity contribution >= 4 is 27.5 Å². The van der Waals surface area contributed by atoms with Crippen LogP contribution in [-0.2, 0) is 9.53 Å². The van der Waals surface area contributed by atoms with Gasteiger partial charge in [-0.1, -0.05) is 22.9 Å². The molecule has 0 saturated heterocycles. The van der Waals surface area contributed by atoms with Crippen molar-refractivity contribution in [2.75, 3.05) is 12.4 Å². The molecule has 4 heteroatoms. The first-order chi connectivity index (χ1) is 8.34. The van der Waals surface area contributed by atoms with Crippen molar-refractivity contribution in [1.29, 1.82) is 0 Å². The third-order valence-electron chi connectivity index (χ3n) is 3.34. The summed E-state index contributed by atoms with van der Waals surface area (Å²) in [5.74, 6) is -0.110. The van der Waals surface area contributed by atoms with Gasteiger partial charge in [0.1, 0.15) is 5.60 Å². The van der Waals surface area contributed by atoms with E-state index < -0.39 is 5.60 Å². The average molecular weight is 314 g/mol. The smallest absolute Gasteiger partial charge is 0.256 e. The largest absolute Gasteiger partial charge is 0.369 e. The zero-order valence-corrected chi connectivity index (χ0v) is 13.1. The minimum atomic E-state index is -0.786. The second-order valence-electron chi connectivity index (χ2n) is 4.66. The standard InChI is InChI=1S/C14H20BrNO2/c1-6-14(4,18-5)13(17)16-12-9(2)7-11(15)8-10(12)3/h7-8H,6H2,1-5H3,(H,16,17). The predicted octanol–water partition coefficient (Wildman–Crippen LogP) is 3.82. The van der Waals surface area contributed by atoms with Crippen LogP contribution >= 0.6 is 15.9 Å². The van der Waals surface area contributed by atoms with Gasteiger partial charge in [-0.3, -0.25) is 4.79 Å². The van der Waals surface area contributed by atoms with Crippen molar-refractivity contribution in [1.82, 2.24) is 0 Å². The number of halogens is 1. The van der Waals surface area contributed by atoms with Crippen LogP contribution < -0.4 is 5.32 Å². The van der Waals surface area contributed by atoms with E-state index in [1.165, 1.54) is 0 Å². The van der Waals surface area contributed by atoms with E-state index in [9.17, 15) is 4.79 Å². The number of carbonyl (C=O) groups excluding carboxylic acids is 1. The molecule has 0 aliphatic carbocycles. The number of anilines is 1. The molecule has 0 aliphatic rings. The highest BCUT2D eigenvalue weighted by atomic mass is 79.9. The highest BCUT2D eigenvalue weighted by molar-refractivity contribution is 9.10. The summed E-state index contributed by atoms with van der Waals surface area (Å²) in [6.45, 7) is 7.68. The lowest BCUT2D eigenvalue weighted by Crippen LogP contribution is -2.41. The van der Waals surface area contributed by atoms with Crippen LogP contribution in [0.4, 0.5) is 5.69 Å².